The van der Waals surface area contributed by atoms with Gasteiger partial charge in [-0.2, -0.15) is 0 Å². The Morgan fingerprint density at radius 3 is 2.90 bits per heavy atom. The molecule has 1 heterocycles. The second kappa shape index (κ2) is 6.27. The summed E-state index contributed by atoms with van der Waals surface area (Å²) in [5.74, 6) is 1.83. The lowest BCUT2D eigenvalue weighted by atomic mass is 9.79. The zero-order valence-electron chi connectivity index (χ0n) is 12.2. The molecule has 0 bridgehead atoms. The van der Waals surface area contributed by atoms with E-state index in [0.717, 1.165) is 31.2 Å². The lowest BCUT2D eigenvalue weighted by Crippen LogP contribution is -2.13. The molecule has 1 saturated carbocycles. The van der Waals surface area contributed by atoms with Crippen LogP contribution in [-0.2, 0) is 6.54 Å². The minimum absolute atomic E-state index is 0.781. The molecule has 1 aromatic carbocycles. The van der Waals surface area contributed by atoms with Gasteiger partial charge in [-0.1, -0.05) is 37.6 Å². The van der Waals surface area contributed by atoms with Gasteiger partial charge in [0.15, 0.2) is 0 Å². The second-order valence-electron chi connectivity index (χ2n) is 5.69. The third kappa shape index (κ3) is 2.80. The number of furan rings is 1. The Labute approximate surface area is 121 Å². The molecule has 0 saturated heterocycles. The normalized spacial score (nSPS) is 15.2. The first kappa shape index (κ1) is 13.4. The van der Waals surface area contributed by atoms with Crippen molar-refractivity contribution in [3.8, 4) is 11.1 Å². The fourth-order valence-electron chi connectivity index (χ4n) is 2.82. The summed E-state index contributed by atoms with van der Waals surface area (Å²) in [6.07, 6.45) is 7.02. The summed E-state index contributed by atoms with van der Waals surface area (Å²) >= 11 is 0. The molecular weight excluding hydrogens is 246 g/mol. The zero-order chi connectivity index (χ0) is 13.8. The van der Waals surface area contributed by atoms with Crippen molar-refractivity contribution in [1.82, 2.24) is 5.32 Å². The summed E-state index contributed by atoms with van der Waals surface area (Å²) in [5.41, 5.74) is 4.01. The number of nitrogens with one attached hydrogen (secondary N) is 1. The molecule has 0 unspecified atom stereocenters. The second-order valence-corrected chi connectivity index (χ2v) is 5.69. The number of hydrogen-bond acceptors (Lipinski definition) is 2. The Bertz CT molecular complexity index is 554. The average molecular weight is 269 g/mol. The predicted octanol–water partition coefficient (Wildman–Crippen LogP) is 4.71. The SMILES string of the molecule is CCCNCc1occc1-c1cccc(C2CCC2)c1. The van der Waals surface area contributed by atoms with Crippen LogP contribution in [0.2, 0.25) is 0 Å². The Morgan fingerprint density at radius 2 is 2.15 bits per heavy atom. The van der Waals surface area contributed by atoms with Crippen LogP contribution in [0.25, 0.3) is 11.1 Å². The average Bonchev–Trinajstić information content (AvgIpc) is 2.86. The van der Waals surface area contributed by atoms with E-state index in [4.69, 9.17) is 4.42 Å². The predicted molar refractivity (Wildman–Crippen MR) is 82.7 cm³/mol. The largest absolute Gasteiger partial charge is 0.467 e. The zero-order valence-corrected chi connectivity index (χ0v) is 12.2. The van der Waals surface area contributed by atoms with Crippen LogP contribution >= 0.6 is 0 Å². The van der Waals surface area contributed by atoms with Gasteiger partial charge in [0.25, 0.3) is 0 Å². The first-order chi connectivity index (χ1) is 9.88. The highest BCUT2D eigenvalue weighted by molar-refractivity contribution is 5.66. The van der Waals surface area contributed by atoms with Crippen LogP contribution in [0.5, 0.6) is 0 Å². The van der Waals surface area contributed by atoms with Gasteiger partial charge < -0.3 is 9.73 Å². The lowest BCUT2D eigenvalue weighted by Gasteiger charge is -2.26. The van der Waals surface area contributed by atoms with Crippen LogP contribution in [0.3, 0.4) is 0 Å². The highest BCUT2D eigenvalue weighted by Gasteiger charge is 2.20. The molecule has 1 aliphatic carbocycles. The Balaban J connectivity index is 1.79. The Morgan fingerprint density at radius 1 is 1.25 bits per heavy atom. The van der Waals surface area contributed by atoms with E-state index in [1.165, 1.54) is 36.0 Å². The summed E-state index contributed by atoms with van der Waals surface area (Å²) in [6.45, 7) is 4.02. The van der Waals surface area contributed by atoms with Gasteiger partial charge in [-0.05, 0) is 48.9 Å². The van der Waals surface area contributed by atoms with Crippen LogP contribution in [-0.4, -0.2) is 6.54 Å². The van der Waals surface area contributed by atoms with Crippen molar-refractivity contribution in [2.24, 2.45) is 0 Å². The van der Waals surface area contributed by atoms with Gasteiger partial charge in [-0.3, -0.25) is 0 Å². The summed E-state index contributed by atoms with van der Waals surface area (Å²) in [4.78, 5) is 0. The van der Waals surface area contributed by atoms with Crippen LogP contribution in [0.1, 0.15) is 49.8 Å². The molecule has 0 aliphatic heterocycles. The molecule has 2 heteroatoms. The standard InChI is InChI=1S/C18H23NO/c1-2-10-19-13-18-17(9-11-20-18)16-8-4-7-15(12-16)14-5-3-6-14/h4,7-9,11-12,14,19H,2-3,5-6,10,13H2,1H3. The van der Waals surface area contributed by atoms with E-state index in [0.29, 0.717) is 0 Å². The topological polar surface area (TPSA) is 25.2 Å². The summed E-state index contributed by atoms with van der Waals surface area (Å²) in [7, 11) is 0. The van der Waals surface area contributed by atoms with E-state index in [1.807, 2.05) is 0 Å². The maximum absolute atomic E-state index is 5.64. The minimum Gasteiger partial charge on any atom is -0.467 e. The molecule has 0 radical (unpaired) electrons. The van der Waals surface area contributed by atoms with Gasteiger partial charge in [0.2, 0.25) is 0 Å². The molecule has 1 N–H and O–H groups in total. The number of hydrogen-bond donors (Lipinski definition) is 1. The minimum atomic E-state index is 0.781. The van der Waals surface area contributed by atoms with Gasteiger partial charge in [-0.15, -0.1) is 0 Å². The van der Waals surface area contributed by atoms with Crippen molar-refractivity contribution >= 4 is 0 Å². The fraction of sp³-hybridized carbons (Fsp3) is 0.444. The van der Waals surface area contributed by atoms with E-state index in [9.17, 15) is 0 Å². The first-order valence-electron chi connectivity index (χ1n) is 7.76. The smallest absolute Gasteiger partial charge is 0.125 e. The third-order valence-corrected chi connectivity index (χ3v) is 4.23. The molecule has 0 spiro atoms. The van der Waals surface area contributed by atoms with Gasteiger partial charge in [0.1, 0.15) is 5.76 Å². The Hall–Kier alpha value is -1.54. The maximum Gasteiger partial charge on any atom is 0.125 e. The highest BCUT2D eigenvalue weighted by Crippen LogP contribution is 2.38. The molecule has 3 rings (SSSR count). The van der Waals surface area contributed by atoms with Crippen molar-refractivity contribution in [1.29, 1.82) is 0 Å². The van der Waals surface area contributed by atoms with E-state index in [-0.39, 0.29) is 0 Å². The van der Waals surface area contributed by atoms with E-state index >= 15 is 0 Å². The van der Waals surface area contributed by atoms with Crippen LogP contribution in [0.4, 0.5) is 0 Å². The molecule has 2 aromatic rings. The van der Waals surface area contributed by atoms with E-state index < -0.39 is 0 Å². The molecule has 106 valence electrons. The van der Waals surface area contributed by atoms with Crippen molar-refractivity contribution in [3.63, 3.8) is 0 Å². The van der Waals surface area contributed by atoms with E-state index in [1.54, 1.807) is 6.26 Å². The molecule has 20 heavy (non-hydrogen) atoms. The number of benzene rings is 1. The summed E-state index contributed by atoms with van der Waals surface area (Å²) in [5, 5.41) is 3.41. The van der Waals surface area contributed by atoms with Crippen molar-refractivity contribution in [2.45, 2.75) is 45.1 Å². The van der Waals surface area contributed by atoms with Crippen molar-refractivity contribution in [3.05, 3.63) is 47.9 Å². The monoisotopic (exact) mass is 269 g/mol. The Kier molecular flexibility index (Phi) is 4.22. The van der Waals surface area contributed by atoms with Gasteiger partial charge in [0, 0.05) is 5.56 Å². The third-order valence-electron chi connectivity index (χ3n) is 4.23. The molecule has 1 fully saturated rings. The van der Waals surface area contributed by atoms with Crippen molar-refractivity contribution in [2.75, 3.05) is 6.54 Å². The van der Waals surface area contributed by atoms with Gasteiger partial charge in [0.05, 0.1) is 12.8 Å². The highest BCUT2D eigenvalue weighted by atomic mass is 16.3. The first-order valence-corrected chi connectivity index (χ1v) is 7.76. The van der Waals surface area contributed by atoms with Crippen LogP contribution in [0, 0.1) is 0 Å². The van der Waals surface area contributed by atoms with Gasteiger partial charge >= 0.3 is 0 Å². The maximum atomic E-state index is 5.64. The molecule has 2 nitrogen and oxygen atoms in total. The lowest BCUT2D eigenvalue weighted by molar-refractivity contribution is 0.420. The number of rotatable bonds is 6. The summed E-state index contributed by atoms with van der Waals surface area (Å²) in [6, 6.07) is 11.1. The molecule has 1 aliphatic rings. The fourth-order valence-corrected chi connectivity index (χ4v) is 2.82. The van der Waals surface area contributed by atoms with E-state index in [2.05, 4.69) is 42.6 Å². The molecule has 1 aromatic heterocycles. The molecule has 0 atom stereocenters. The van der Waals surface area contributed by atoms with Crippen LogP contribution < -0.4 is 5.32 Å². The summed E-state index contributed by atoms with van der Waals surface area (Å²) < 4.78 is 5.64. The molecular formula is C18H23NO. The van der Waals surface area contributed by atoms with Gasteiger partial charge in [-0.25, -0.2) is 0 Å². The van der Waals surface area contributed by atoms with Crippen molar-refractivity contribution < 1.29 is 4.42 Å². The van der Waals surface area contributed by atoms with Crippen LogP contribution in [0.15, 0.2) is 41.0 Å². The molecule has 0 amide bonds. The quantitative estimate of drug-likeness (QED) is 0.768.